The first kappa shape index (κ1) is 17.9. The fraction of sp³-hybridized carbons (Fsp3) is 0.533. The van der Waals surface area contributed by atoms with Crippen LogP contribution >= 0.6 is 0 Å². The molecular weight excluding hydrogens is 316 g/mol. The highest BCUT2D eigenvalue weighted by atomic mass is 32.2. The largest absolute Gasteiger partial charge is 0.326 e. The van der Waals surface area contributed by atoms with Crippen LogP contribution in [0.15, 0.2) is 29.2 Å². The van der Waals surface area contributed by atoms with Crippen molar-refractivity contribution in [3.05, 3.63) is 24.3 Å². The molecule has 0 unspecified atom stereocenters. The van der Waals surface area contributed by atoms with Crippen molar-refractivity contribution in [1.82, 2.24) is 14.9 Å². The van der Waals surface area contributed by atoms with Crippen LogP contribution in [0.3, 0.4) is 0 Å². The minimum absolute atomic E-state index is 0.102. The predicted molar refractivity (Wildman–Crippen MR) is 89.9 cm³/mol. The van der Waals surface area contributed by atoms with Gasteiger partial charge in [-0.05, 0) is 24.3 Å². The Hall–Kier alpha value is -1.48. The van der Waals surface area contributed by atoms with Gasteiger partial charge in [0, 0.05) is 51.4 Å². The first-order valence-corrected chi connectivity index (χ1v) is 9.32. The van der Waals surface area contributed by atoms with Crippen LogP contribution in [-0.2, 0) is 14.8 Å². The lowest BCUT2D eigenvalue weighted by atomic mass is 10.3. The molecule has 0 spiro atoms. The van der Waals surface area contributed by atoms with E-state index in [-0.39, 0.29) is 10.8 Å². The molecule has 23 heavy (non-hydrogen) atoms. The van der Waals surface area contributed by atoms with Gasteiger partial charge in [0.05, 0.1) is 4.90 Å². The topological polar surface area (TPSA) is 90.5 Å². The number of hydrogen-bond donors (Lipinski definition) is 3. The van der Waals surface area contributed by atoms with E-state index in [9.17, 15) is 13.2 Å². The first-order valence-electron chi connectivity index (χ1n) is 7.84. The summed E-state index contributed by atoms with van der Waals surface area (Å²) < 4.78 is 27.1. The maximum atomic E-state index is 12.2. The quantitative estimate of drug-likeness (QED) is 0.660. The maximum absolute atomic E-state index is 12.2. The number of nitrogens with one attached hydrogen (secondary N) is 3. The van der Waals surface area contributed by atoms with Crippen molar-refractivity contribution >= 4 is 21.6 Å². The summed E-state index contributed by atoms with van der Waals surface area (Å²) >= 11 is 0. The molecule has 7 nitrogen and oxygen atoms in total. The van der Waals surface area contributed by atoms with Gasteiger partial charge in [0.25, 0.3) is 0 Å². The fourth-order valence-electron chi connectivity index (χ4n) is 2.32. The lowest BCUT2D eigenvalue weighted by Crippen LogP contribution is -2.46. The van der Waals surface area contributed by atoms with E-state index in [1.807, 2.05) is 0 Å². The highest BCUT2D eigenvalue weighted by Gasteiger charge is 2.15. The van der Waals surface area contributed by atoms with Crippen molar-refractivity contribution in [2.45, 2.75) is 18.2 Å². The van der Waals surface area contributed by atoms with Crippen molar-refractivity contribution < 1.29 is 13.2 Å². The smallest absolute Gasteiger partial charge is 0.240 e. The molecule has 1 aromatic carbocycles. The van der Waals surface area contributed by atoms with Crippen LogP contribution in [0.25, 0.3) is 0 Å². The minimum Gasteiger partial charge on any atom is -0.326 e. The molecule has 0 radical (unpaired) electrons. The van der Waals surface area contributed by atoms with Gasteiger partial charge in [0.15, 0.2) is 0 Å². The number of benzene rings is 1. The average molecular weight is 340 g/mol. The summed E-state index contributed by atoms with van der Waals surface area (Å²) in [4.78, 5) is 13.7. The molecule has 1 amide bonds. The van der Waals surface area contributed by atoms with Crippen molar-refractivity contribution in [2.75, 3.05) is 44.6 Å². The number of anilines is 1. The Morgan fingerprint density at radius 3 is 2.48 bits per heavy atom. The Labute approximate surface area is 137 Å². The van der Waals surface area contributed by atoms with Gasteiger partial charge in [0.1, 0.15) is 0 Å². The summed E-state index contributed by atoms with van der Waals surface area (Å²) in [5.41, 5.74) is 0.594. The number of carbonyl (C=O) groups is 1. The number of piperazine rings is 1. The summed E-state index contributed by atoms with van der Waals surface area (Å²) in [6, 6.07) is 6.19. The van der Waals surface area contributed by atoms with Crippen LogP contribution in [-0.4, -0.2) is 58.5 Å². The summed E-state index contributed by atoms with van der Waals surface area (Å²) in [7, 11) is -3.52. The third-order valence-corrected chi connectivity index (χ3v) is 5.18. The minimum atomic E-state index is -3.52. The van der Waals surface area contributed by atoms with Crippen molar-refractivity contribution in [2.24, 2.45) is 0 Å². The van der Waals surface area contributed by atoms with Crippen molar-refractivity contribution in [3.63, 3.8) is 0 Å². The molecule has 0 atom stereocenters. The Morgan fingerprint density at radius 2 is 1.87 bits per heavy atom. The molecule has 128 valence electrons. The molecule has 1 fully saturated rings. The second kappa shape index (κ2) is 8.39. The molecule has 1 saturated heterocycles. The molecule has 3 N–H and O–H groups in total. The van der Waals surface area contributed by atoms with Gasteiger partial charge >= 0.3 is 0 Å². The van der Waals surface area contributed by atoms with E-state index in [4.69, 9.17) is 0 Å². The number of carbonyl (C=O) groups excluding carboxylic acids is 1. The predicted octanol–water partition coefficient (Wildman–Crippen LogP) is 0.219. The van der Waals surface area contributed by atoms with Gasteiger partial charge < -0.3 is 10.6 Å². The number of nitrogens with zero attached hydrogens (tertiary/aromatic N) is 1. The molecule has 0 bridgehead atoms. The van der Waals surface area contributed by atoms with E-state index in [0.717, 1.165) is 26.2 Å². The normalized spacial score (nSPS) is 16.2. The Balaban J connectivity index is 1.87. The molecule has 0 aliphatic carbocycles. The second-order valence-electron chi connectivity index (χ2n) is 5.42. The van der Waals surface area contributed by atoms with Crippen LogP contribution in [0.2, 0.25) is 0 Å². The highest BCUT2D eigenvalue weighted by molar-refractivity contribution is 7.89. The van der Waals surface area contributed by atoms with Crippen LogP contribution < -0.4 is 15.4 Å². The monoisotopic (exact) mass is 340 g/mol. The SMILES string of the molecule is CCC(=O)Nc1ccc(S(=O)(=O)NCCN2CCNCC2)cc1. The summed E-state index contributed by atoms with van der Waals surface area (Å²) in [6.07, 6.45) is 0.383. The summed E-state index contributed by atoms with van der Waals surface area (Å²) in [5.74, 6) is -0.102. The van der Waals surface area contributed by atoms with Crippen LogP contribution in [0, 0.1) is 0 Å². The van der Waals surface area contributed by atoms with E-state index in [2.05, 4.69) is 20.3 Å². The number of amides is 1. The number of rotatable bonds is 7. The lowest BCUT2D eigenvalue weighted by Gasteiger charge is -2.27. The molecule has 1 aromatic rings. The van der Waals surface area contributed by atoms with Crippen LogP contribution in [0.1, 0.15) is 13.3 Å². The van der Waals surface area contributed by atoms with Crippen LogP contribution in [0.4, 0.5) is 5.69 Å². The zero-order valence-corrected chi connectivity index (χ0v) is 14.2. The molecule has 1 aliphatic heterocycles. The molecule has 8 heteroatoms. The Kier molecular flexibility index (Phi) is 6.52. The van der Waals surface area contributed by atoms with Gasteiger partial charge in [0.2, 0.25) is 15.9 Å². The van der Waals surface area contributed by atoms with Gasteiger partial charge in [-0.2, -0.15) is 0 Å². The fourth-order valence-corrected chi connectivity index (χ4v) is 3.34. The number of sulfonamides is 1. The third-order valence-electron chi connectivity index (χ3n) is 3.70. The standard InChI is InChI=1S/C15H24N4O3S/c1-2-15(20)18-13-3-5-14(6-4-13)23(21,22)17-9-12-19-10-7-16-8-11-19/h3-6,16-17H,2,7-12H2,1H3,(H,18,20). The van der Waals surface area contributed by atoms with Crippen molar-refractivity contribution in [1.29, 1.82) is 0 Å². The average Bonchev–Trinajstić information content (AvgIpc) is 2.56. The molecule has 0 saturated carbocycles. The summed E-state index contributed by atoms with van der Waals surface area (Å²) in [6.45, 7) is 6.61. The molecule has 2 rings (SSSR count). The van der Waals surface area contributed by atoms with E-state index in [1.54, 1.807) is 19.1 Å². The molecule has 0 aromatic heterocycles. The highest BCUT2D eigenvalue weighted by Crippen LogP contribution is 2.14. The zero-order chi connectivity index (χ0) is 16.7. The van der Waals surface area contributed by atoms with E-state index in [0.29, 0.717) is 25.2 Å². The Morgan fingerprint density at radius 1 is 1.22 bits per heavy atom. The van der Waals surface area contributed by atoms with Crippen LogP contribution in [0.5, 0.6) is 0 Å². The van der Waals surface area contributed by atoms with E-state index < -0.39 is 10.0 Å². The molecule has 1 heterocycles. The lowest BCUT2D eigenvalue weighted by molar-refractivity contribution is -0.115. The summed E-state index contributed by atoms with van der Waals surface area (Å²) in [5, 5.41) is 5.95. The van der Waals surface area contributed by atoms with Gasteiger partial charge in [-0.25, -0.2) is 13.1 Å². The second-order valence-corrected chi connectivity index (χ2v) is 7.18. The first-order chi connectivity index (χ1) is 11.0. The van der Waals surface area contributed by atoms with E-state index in [1.165, 1.54) is 12.1 Å². The zero-order valence-electron chi connectivity index (χ0n) is 13.3. The molecular formula is C15H24N4O3S. The van der Waals surface area contributed by atoms with Gasteiger partial charge in [-0.1, -0.05) is 6.92 Å². The molecule has 1 aliphatic rings. The van der Waals surface area contributed by atoms with E-state index >= 15 is 0 Å². The van der Waals surface area contributed by atoms with Gasteiger partial charge in [-0.3, -0.25) is 9.69 Å². The van der Waals surface area contributed by atoms with Gasteiger partial charge in [-0.15, -0.1) is 0 Å². The Bertz CT molecular complexity index is 610. The third kappa shape index (κ3) is 5.58. The van der Waals surface area contributed by atoms with Crippen molar-refractivity contribution in [3.8, 4) is 0 Å². The number of hydrogen-bond acceptors (Lipinski definition) is 5. The maximum Gasteiger partial charge on any atom is 0.240 e.